The number of fused-ring (bicyclic) bond motifs is 1. The lowest BCUT2D eigenvalue weighted by molar-refractivity contribution is -0.00208. The van der Waals surface area contributed by atoms with Crippen LogP contribution in [-0.2, 0) is 17.9 Å². The predicted octanol–water partition coefficient (Wildman–Crippen LogP) is 2.78. The summed E-state index contributed by atoms with van der Waals surface area (Å²) in [5.74, 6) is -0.315. The average molecular weight is 413 g/mol. The first-order valence-corrected chi connectivity index (χ1v) is 11.0. The van der Waals surface area contributed by atoms with Crippen molar-refractivity contribution in [3.63, 3.8) is 0 Å². The molecule has 1 aromatic carbocycles. The second kappa shape index (κ2) is 8.43. The number of nitrogens with zero attached hydrogens (tertiary/aromatic N) is 5. The summed E-state index contributed by atoms with van der Waals surface area (Å²) in [6, 6.07) is 6.90. The number of amides is 1. The van der Waals surface area contributed by atoms with Gasteiger partial charge in [0.25, 0.3) is 5.91 Å². The van der Waals surface area contributed by atoms with Gasteiger partial charge in [0.1, 0.15) is 11.9 Å². The van der Waals surface area contributed by atoms with Crippen molar-refractivity contribution in [2.24, 2.45) is 0 Å². The lowest BCUT2D eigenvalue weighted by Gasteiger charge is -2.40. The molecule has 8 heteroatoms. The Hall–Kier alpha value is -2.32. The van der Waals surface area contributed by atoms with Crippen LogP contribution in [0, 0.1) is 5.82 Å². The van der Waals surface area contributed by atoms with E-state index in [1.54, 1.807) is 16.8 Å². The fourth-order valence-corrected chi connectivity index (χ4v) is 4.92. The van der Waals surface area contributed by atoms with Gasteiger partial charge in [-0.25, -0.2) is 9.07 Å². The molecule has 2 aromatic rings. The number of rotatable bonds is 3. The molecule has 30 heavy (non-hydrogen) atoms. The molecule has 0 unspecified atom stereocenters. The maximum Gasteiger partial charge on any atom is 0.276 e. The Morgan fingerprint density at radius 1 is 1.03 bits per heavy atom. The number of halogens is 1. The monoisotopic (exact) mass is 413 g/mol. The Morgan fingerprint density at radius 2 is 1.77 bits per heavy atom. The van der Waals surface area contributed by atoms with E-state index in [2.05, 4.69) is 15.2 Å². The molecule has 0 bridgehead atoms. The number of benzene rings is 1. The van der Waals surface area contributed by atoms with Gasteiger partial charge in [0, 0.05) is 19.1 Å². The van der Waals surface area contributed by atoms with Crippen molar-refractivity contribution in [2.75, 3.05) is 26.2 Å². The van der Waals surface area contributed by atoms with Crippen LogP contribution in [-0.4, -0.2) is 62.9 Å². The van der Waals surface area contributed by atoms with Crippen LogP contribution in [0.15, 0.2) is 24.3 Å². The summed E-state index contributed by atoms with van der Waals surface area (Å²) in [7, 11) is 0. The van der Waals surface area contributed by atoms with E-state index in [-0.39, 0.29) is 24.4 Å². The van der Waals surface area contributed by atoms with Gasteiger partial charge in [0.15, 0.2) is 5.69 Å². The number of piperidine rings is 2. The minimum absolute atomic E-state index is 0.0443. The molecule has 7 nitrogen and oxygen atoms in total. The summed E-state index contributed by atoms with van der Waals surface area (Å²) in [4.78, 5) is 17.6. The van der Waals surface area contributed by atoms with Gasteiger partial charge in [0.05, 0.1) is 18.8 Å². The number of carbonyl (C=O) groups is 1. The molecule has 0 N–H and O–H groups in total. The lowest BCUT2D eigenvalue weighted by atomic mass is 9.99. The zero-order valence-corrected chi connectivity index (χ0v) is 17.2. The van der Waals surface area contributed by atoms with Gasteiger partial charge in [-0.1, -0.05) is 23.8 Å². The van der Waals surface area contributed by atoms with Crippen molar-refractivity contribution in [1.82, 2.24) is 24.8 Å². The molecule has 5 rings (SSSR count). The fraction of sp³-hybridized carbons (Fsp3) is 0.591. The van der Waals surface area contributed by atoms with Crippen LogP contribution < -0.4 is 0 Å². The smallest absolute Gasteiger partial charge is 0.276 e. The molecule has 1 amide bonds. The SMILES string of the molecule is O=C(c1nnn2c1CO[C@H](c1ccc(F)cc1)C2)N1CCC(N2CCCCC2)CC1. The summed E-state index contributed by atoms with van der Waals surface area (Å²) in [5.41, 5.74) is 2.03. The van der Waals surface area contributed by atoms with E-state index in [0.29, 0.717) is 18.3 Å². The average Bonchev–Trinajstić information content (AvgIpc) is 3.23. The highest BCUT2D eigenvalue weighted by Crippen LogP contribution is 2.28. The zero-order chi connectivity index (χ0) is 20.5. The topological polar surface area (TPSA) is 63.5 Å². The number of aromatic nitrogens is 3. The van der Waals surface area contributed by atoms with Crippen molar-refractivity contribution < 1.29 is 13.9 Å². The Morgan fingerprint density at radius 3 is 2.50 bits per heavy atom. The number of hydrogen-bond donors (Lipinski definition) is 0. The molecule has 1 aromatic heterocycles. The quantitative estimate of drug-likeness (QED) is 0.774. The Balaban J connectivity index is 1.22. The van der Waals surface area contributed by atoms with Gasteiger partial charge in [-0.15, -0.1) is 5.10 Å². The summed E-state index contributed by atoms with van der Waals surface area (Å²) in [5, 5.41) is 8.41. The maximum absolute atomic E-state index is 13.2. The first-order chi connectivity index (χ1) is 14.7. The molecule has 0 radical (unpaired) electrons. The largest absolute Gasteiger partial charge is 0.365 e. The molecule has 0 spiro atoms. The van der Waals surface area contributed by atoms with E-state index in [1.165, 1.54) is 44.5 Å². The van der Waals surface area contributed by atoms with E-state index in [0.717, 1.165) is 37.2 Å². The van der Waals surface area contributed by atoms with Crippen LogP contribution in [0.5, 0.6) is 0 Å². The maximum atomic E-state index is 13.2. The normalized spacial score (nSPS) is 23.4. The number of likely N-dealkylation sites (tertiary alicyclic amines) is 2. The highest BCUT2D eigenvalue weighted by molar-refractivity contribution is 5.93. The van der Waals surface area contributed by atoms with Crippen molar-refractivity contribution in [1.29, 1.82) is 0 Å². The van der Waals surface area contributed by atoms with Gasteiger partial charge in [-0.3, -0.25) is 4.79 Å². The third-order valence-electron chi connectivity index (χ3n) is 6.70. The van der Waals surface area contributed by atoms with Crippen molar-refractivity contribution in [3.8, 4) is 0 Å². The summed E-state index contributed by atoms with van der Waals surface area (Å²) in [6.07, 6.45) is 5.77. The molecule has 0 aliphatic carbocycles. The first kappa shape index (κ1) is 19.6. The number of hydrogen-bond acceptors (Lipinski definition) is 5. The molecule has 3 aliphatic heterocycles. The third-order valence-corrected chi connectivity index (χ3v) is 6.70. The standard InChI is InChI=1S/C22H28FN5O2/c23-17-6-4-16(5-7-17)20-14-28-19(15-30-20)21(24-25-28)22(29)27-12-8-18(9-13-27)26-10-2-1-3-11-26/h4-7,18,20H,1-3,8-15H2/t20-/m0/s1. The van der Waals surface area contributed by atoms with Crippen LogP contribution in [0.25, 0.3) is 0 Å². The molecule has 2 fully saturated rings. The molecular weight excluding hydrogens is 385 g/mol. The summed E-state index contributed by atoms with van der Waals surface area (Å²) in [6.45, 7) is 4.68. The fourth-order valence-electron chi connectivity index (χ4n) is 4.92. The predicted molar refractivity (Wildman–Crippen MR) is 108 cm³/mol. The molecule has 1 atom stereocenters. The minimum Gasteiger partial charge on any atom is -0.365 e. The van der Waals surface area contributed by atoms with Crippen LogP contribution in [0.2, 0.25) is 0 Å². The number of carbonyl (C=O) groups excluding carboxylic acids is 1. The van der Waals surface area contributed by atoms with Gasteiger partial charge in [-0.05, 0) is 56.5 Å². The van der Waals surface area contributed by atoms with E-state index in [9.17, 15) is 9.18 Å². The molecule has 0 saturated carbocycles. The Kier molecular flexibility index (Phi) is 5.52. The highest BCUT2D eigenvalue weighted by atomic mass is 19.1. The second-order valence-electron chi connectivity index (χ2n) is 8.54. The highest BCUT2D eigenvalue weighted by Gasteiger charge is 2.33. The van der Waals surface area contributed by atoms with Gasteiger partial charge in [-0.2, -0.15) is 0 Å². The first-order valence-electron chi connectivity index (χ1n) is 11.0. The third kappa shape index (κ3) is 3.86. The van der Waals surface area contributed by atoms with Crippen LogP contribution in [0.3, 0.4) is 0 Å². The Bertz CT molecular complexity index is 885. The van der Waals surface area contributed by atoms with E-state index in [1.807, 2.05) is 4.90 Å². The van der Waals surface area contributed by atoms with Gasteiger partial charge < -0.3 is 14.5 Å². The lowest BCUT2D eigenvalue weighted by Crippen LogP contribution is -2.48. The molecule has 2 saturated heterocycles. The molecule has 160 valence electrons. The van der Waals surface area contributed by atoms with Crippen molar-refractivity contribution in [2.45, 2.75) is 57.4 Å². The van der Waals surface area contributed by atoms with E-state index < -0.39 is 0 Å². The van der Waals surface area contributed by atoms with E-state index >= 15 is 0 Å². The zero-order valence-electron chi connectivity index (χ0n) is 17.2. The van der Waals surface area contributed by atoms with Crippen molar-refractivity contribution >= 4 is 5.91 Å². The van der Waals surface area contributed by atoms with Crippen molar-refractivity contribution in [3.05, 3.63) is 47.0 Å². The Labute approximate surface area is 175 Å². The van der Waals surface area contributed by atoms with E-state index in [4.69, 9.17) is 4.74 Å². The van der Waals surface area contributed by atoms with Crippen LogP contribution in [0.4, 0.5) is 4.39 Å². The van der Waals surface area contributed by atoms with Crippen LogP contribution >= 0.6 is 0 Å². The number of ether oxygens (including phenoxy) is 1. The summed E-state index contributed by atoms with van der Waals surface area (Å²) < 4.78 is 20.9. The molecular formula is C22H28FN5O2. The summed E-state index contributed by atoms with van der Waals surface area (Å²) >= 11 is 0. The van der Waals surface area contributed by atoms with Gasteiger partial charge >= 0.3 is 0 Å². The van der Waals surface area contributed by atoms with Crippen LogP contribution in [0.1, 0.15) is 60.0 Å². The van der Waals surface area contributed by atoms with Gasteiger partial charge in [0.2, 0.25) is 0 Å². The minimum atomic E-state index is -0.270. The molecule has 3 aliphatic rings. The second-order valence-corrected chi connectivity index (χ2v) is 8.54. The molecule has 4 heterocycles.